The van der Waals surface area contributed by atoms with Crippen molar-refractivity contribution in [3.05, 3.63) is 28.5 Å². The largest absolute Gasteiger partial charge is 0.361 e. The lowest BCUT2D eigenvalue weighted by Crippen LogP contribution is -2.27. The van der Waals surface area contributed by atoms with Gasteiger partial charge in [-0.15, -0.1) is 0 Å². The summed E-state index contributed by atoms with van der Waals surface area (Å²) in [6.45, 7) is 1.94. The Morgan fingerprint density at radius 3 is 3.12 bits per heavy atom. The topological polar surface area (TPSA) is 78.7 Å². The second-order valence-electron chi connectivity index (χ2n) is 3.57. The van der Waals surface area contributed by atoms with E-state index in [-0.39, 0.29) is 6.54 Å². The first-order valence-corrected chi connectivity index (χ1v) is 5.71. The molecule has 0 aliphatic heterocycles. The van der Waals surface area contributed by atoms with Crippen LogP contribution in [-0.4, -0.2) is 27.0 Å². The van der Waals surface area contributed by atoms with Gasteiger partial charge in [-0.05, 0) is 34.5 Å². The maximum absolute atomic E-state index is 10.9. The van der Waals surface area contributed by atoms with Gasteiger partial charge in [0, 0.05) is 10.7 Å². The zero-order valence-electron chi connectivity index (χ0n) is 9.07. The van der Waals surface area contributed by atoms with Crippen molar-refractivity contribution in [2.24, 2.45) is 0 Å². The van der Waals surface area contributed by atoms with Crippen molar-refractivity contribution >= 4 is 33.3 Å². The van der Waals surface area contributed by atoms with Crippen molar-refractivity contribution in [3.63, 3.8) is 0 Å². The zero-order chi connectivity index (χ0) is 12.4. The fourth-order valence-electron chi connectivity index (χ4n) is 1.56. The van der Waals surface area contributed by atoms with Gasteiger partial charge in [0.2, 0.25) is 0 Å². The number of hydrogen-bond acceptors (Lipinski definition) is 4. The quantitative estimate of drug-likeness (QED) is 0.590. The molecule has 6 nitrogen and oxygen atoms in total. The molecule has 0 unspecified atom stereocenters. The van der Waals surface area contributed by atoms with E-state index in [4.69, 9.17) is 5.21 Å². The Kier molecular flexibility index (Phi) is 3.30. The molecule has 3 N–H and O–H groups in total. The fourth-order valence-corrected chi connectivity index (χ4v) is 2.10. The van der Waals surface area contributed by atoms with Crippen LogP contribution < -0.4 is 10.8 Å². The normalized spacial score (nSPS) is 10.5. The molecule has 2 rings (SSSR count). The number of nitrogens with zero attached hydrogens (tertiary/aromatic N) is 2. The van der Waals surface area contributed by atoms with Crippen molar-refractivity contribution in [2.75, 3.05) is 11.9 Å². The highest BCUT2D eigenvalue weighted by Gasteiger charge is 2.07. The Balaban J connectivity index is 2.32. The van der Waals surface area contributed by atoms with Crippen molar-refractivity contribution in [2.45, 2.75) is 6.92 Å². The lowest BCUT2D eigenvalue weighted by Gasteiger charge is -2.06. The number of pyridine rings is 1. The van der Waals surface area contributed by atoms with Gasteiger partial charge in [-0.25, -0.2) is 10.5 Å². The monoisotopic (exact) mass is 298 g/mol. The van der Waals surface area contributed by atoms with Crippen LogP contribution >= 0.6 is 15.9 Å². The minimum atomic E-state index is -0.508. The summed E-state index contributed by atoms with van der Waals surface area (Å²) in [6.07, 6.45) is 3.49. The van der Waals surface area contributed by atoms with Crippen molar-refractivity contribution in [1.29, 1.82) is 0 Å². The van der Waals surface area contributed by atoms with Gasteiger partial charge in [0.05, 0.1) is 12.7 Å². The lowest BCUT2D eigenvalue weighted by atomic mass is 10.3. The predicted octanol–water partition coefficient (Wildman–Crippen LogP) is 1.32. The molecule has 2 aromatic rings. The Bertz CT molecular complexity index is 567. The second kappa shape index (κ2) is 4.72. The highest BCUT2D eigenvalue weighted by molar-refractivity contribution is 9.10. The Morgan fingerprint density at radius 2 is 2.41 bits per heavy atom. The third-order valence-electron chi connectivity index (χ3n) is 2.31. The summed E-state index contributed by atoms with van der Waals surface area (Å²) >= 11 is 3.40. The molecular weight excluding hydrogens is 288 g/mol. The number of carbonyl (C=O) groups excluding carboxylic acids is 1. The van der Waals surface area contributed by atoms with Crippen LogP contribution in [-0.2, 0) is 4.79 Å². The third kappa shape index (κ3) is 2.40. The number of hydrogen-bond donors (Lipinski definition) is 3. The van der Waals surface area contributed by atoms with Gasteiger partial charge in [-0.2, -0.15) is 0 Å². The van der Waals surface area contributed by atoms with Crippen LogP contribution in [0.2, 0.25) is 0 Å². The molecule has 0 aliphatic rings. The Hall–Kier alpha value is -1.60. The molecule has 2 aromatic heterocycles. The van der Waals surface area contributed by atoms with E-state index in [2.05, 4.69) is 26.2 Å². The summed E-state index contributed by atoms with van der Waals surface area (Å²) in [4.78, 5) is 15.2. The standard InChI is InChI=1S/C10H11BrN4O2/c1-6-2-7(11)5-15-8(3-13-10(6)15)12-4-9(16)14-17/h2-3,5,12,17H,4H2,1H3,(H,14,16). The van der Waals surface area contributed by atoms with E-state index in [0.29, 0.717) is 5.82 Å². The number of amides is 1. The van der Waals surface area contributed by atoms with E-state index in [1.165, 1.54) is 0 Å². The van der Waals surface area contributed by atoms with Crippen LogP contribution in [0, 0.1) is 6.92 Å². The van der Waals surface area contributed by atoms with Gasteiger partial charge in [0.25, 0.3) is 5.91 Å². The number of aryl methyl sites for hydroxylation is 1. The number of fused-ring (bicyclic) bond motifs is 1. The molecule has 90 valence electrons. The Labute approximate surface area is 106 Å². The highest BCUT2D eigenvalue weighted by atomic mass is 79.9. The van der Waals surface area contributed by atoms with E-state index in [1.807, 2.05) is 23.6 Å². The van der Waals surface area contributed by atoms with Crippen LogP contribution in [0.5, 0.6) is 0 Å². The first-order valence-electron chi connectivity index (χ1n) is 4.92. The molecule has 17 heavy (non-hydrogen) atoms. The molecular formula is C10H11BrN4O2. The van der Waals surface area contributed by atoms with E-state index < -0.39 is 5.91 Å². The van der Waals surface area contributed by atoms with Crippen molar-refractivity contribution < 1.29 is 10.0 Å². The number of hydroxylamine groups is 1. The minimum Gasteiger partial charge on any atom is -0.361 e. The average molecular weight is 299 g/mol. The van der Waals surface area contributed by atoms with Gasteiger partial charge >= 0.3 is 0 Å². The maximum Gasteiger partial charge on any atom is 0.262 e. The van der Waals surface area contributed by atoms with Gasteiger partial charge in [-0.1, -0.05) is 0 Å². The number of rotatable bonds is 3. The number of halogens is 1. The predicted molar refractivity (Wildman–Crippen MR) is 66.0 cm³/mol. The van der Waals surface area contributed by atoms with Crippen LogP contribution in [0.15, 0.2) is 22.9 Å². The number of aromatic nitrogens is 2. The number of anilines is 1. The zero-order valence-corrected chi connectivity index (χ0v) is 10.7. The highest BCUT2D eigenvalue weighted by Crippen LogP contribution is 2.20. The SMILES string of the molecule is Cc1cc(Br)cn2c(NCC(=O)NO)cnc12. The third-order valence-corrected chi connectivity index (χ3v) is 2.74. The molecule has 0 aliphatic carbocycles. The summed E-state index contributed by atoms with van der Waals surface area (Å²) in [5.74, 6) is 0.180. The average Bonchev–Trinajstić information content (AvgIpc) is 2.69. The van der Waals surface area contributed by atoms with Crippen LogP contribution in [0.1, 0.15) is 5.56 Å². The summed E-state index contributed by atoms with van der Waals surface area (Å²) in [6, 6.07) is 1.96. The molecule has 0 spiro atoms. The summed E-state index contributed by atoms with van der Waals surface area (Å²) in [5, 5.41) is 11.3. The van der Waals surface area contributed by atoms with E-state index in [9.17, 15) is 4.79 Å². The fraction of sp³-hybridized carbons (Fsp3) is 0.200. The number of carbonyl (C=O) groups is 1. The number of imidazole rings is 1. The molecule has 0 atom stereocenters. The van der Waals surface area contributed by atoms with Gasteiger partial charge in [0.15, 0.2) is 0 Å². The van der Waals surface area contributed by atoms with Gasteiger partial charge < -0.3 is 5.32 Å². The molecule has 0 fully saturated rings. The Morgan fingerprint density at radius 1 is 1.65 bits per heavy atom. The molecule has 0 saturated heterocycles. The van der Waals surface area contributed by atoms with Crippen LogP contribution in [0.25, 0.3) is 5.65 Å². The summed E-state index contributed by atoms with van der Waals surface area (Å²) in [5.41, 5.74) is 3.40. The smallest absolute Gasteiger partial charge is 0.262 e. The molecule has 2 heterocycles. The lowest BCUT2D eigenvalue weighted by molar-refractivity contribution is -0.127. The maximum atomic E-state index is 10.9. The first-order chi connectivity index (χ1) is 8.11. The van der Waals surface area contributed by atoms with Crippen LogP contribution in [0.4, 0.5) is 5.82 Å². The van der Waals surface area contributed by atoms with Gasteiger partial charge in [-0.3, -0.25) is 14.4 Å². The molecule has 0 radical (unpaired) electrons. The van der Waals surface area contributed by atoms with E-state index in [0.717, 1.165) is 15.7 Å². The van der Waals surface area contributed by atoms with E-state index >= 15 is 0 Å². The molecule has 0 bridgehead atoms. The molecule has 1 amide bonds. The minimum absolute atomic E-state index is 0.0180. The van der Waals surface area contributed by atoms with Crippen molar-refractivity contribution in [3.8, 4) is 0 Å². The molecule has 0 aromatic carbocycles. The van der Waals surface area contributed by atoms with Crippen molar-refractivity contribution in [1.82, 2.24) is 14.9 Å². The molecule has 0 saturated carbocycles. The van der Waals surface area contributed by atoms with E-state index in [1.54, 1.807) is 11.7 Å². The summed E-state index contributed by atoms with van der Waals surface area (Å²) < 4.78 is 2.76. The van der Waals surface area contributed by atoms with Crippen LogP contribution in [0.3, 0.4) is 0 Å². The summed E-state index contributed by atoms with van der Waals surface area (Å²) in [7, 11) is 0. The number of nitrogens with one attached hydrogen (secondary N) is 2. The first kappa shape index (κ1) is 11.9. The molecule has 7 heteroatoms. The van der Waals surface area contributed by atoms with Gasteiger partial charge in [0.1, 0.15) is 11.5 Å². The second-order valence-corrected chi connectivity index (χ2v) is 4.48.